The van der Waals surface area contributed by atoms with E-state index in [4.69, 9.17) is 18.5 Å². The number of hydrogen-bond donors (Lipinski definition) is 1. The number of nitrogens with zero attached hydrogens (tertiary/aromatic N) is 1. The predicted octanol–water partition coefficient (Wildman–Crippen LogP) is 20.8. The van der Waals surface area contributed by atoms with Gasteiger partial charge in [0.1, 0.15) is 19.8 Å². The lowest BCUT2D eigenvalue weighted by atomic mass is 10.0. The molecule has 2 atom stereocenters. The van der Waals surface area contributed by atoms with E-state index in [9.17, 15) is 19.0 Å². The summed E-state index contributed by atoms with van der Waals surface area (Å²) in [5.41, 5.74) is 0. The number of quaternary nitrogens is 1. The Morgan fingerprint density at radius 1 is 0.378 bits per heavy atom. The van der Waals surface area contributed by atoms with Gasteiger partial charge in [0.2, 0.25) is 0 Å². The molecule has 0 saturated carbocycles. The lowest BCUT2D eigenvalue weighted by Crippen LogP contribution is -2.37. The van der Waals surface area contributed by atoms with E-state index in [-0.39, 0.29) is 26.1 Å². The van der Waals surface area contributed by atoms with E-state index in [1.54, 1.807) is 0 Å². The van der Waals surface area contributed by atoms with Crippen molar-refractivity contribution in [2.24, 2.45) is 0 Å². The molecule has 9 nitrogen and oxygen atoms in total. The van der Waals surface area contributed by atoms with Crippen molar-refractivity contribution in [3.05, 3.63) is 158 Å². The van der Waals surface area contributed by atoms with Gasteiger partial charge in [0.15, 0.2) is 6.10 Å². The Kier molecular flexibility index (Phi) is 57.9. The topological polar surface area (TPSA) is 108 Å². The molecule has 0 aromatic carbocycles. The molecule has 1 N–H and O–H groups in total. The van der Waals surface area contributed by atoms with Gasteiger partial charge in [-0.15, -0.1) is 0 Å². The second-order valence-electron chi connectivity index (χ2n) is 22.0. The molecule has 0 aromatic rings. The summed E-state index contributed by atoms with van der Waals surface area (Å²) in [6.45, 7) is 4.16. The minimum absolute atomic E-state index is 0.0198. The Hall–Kier alpha value is -4.37. The molecule has 0 aliphatic carbocycles. The van der Waals surface area contributed by atoms with Gasteiger partial charge in [-0.2, -0.15) is 0 Å². The second kappa shape index (κ2) is 61.2. The normalized spacial score (nSPS) is 14.3. The highest BCUT2D eigenvalue weighted by Crippen LogP contribution is 2.43. The monoisotopic (exact) mass is 1160 g/mol. The van der Waals surface area contributed by atoms with Gasteiger partial charge in [0.05, 0.1) is 27.7 Å². The van der Waals surface area contributed by atoms with E-state index < -0.39 is 32.5 Å². The van der Waals surface area contributed by atoms with Gasteiger partial charge in [0, 0.05) is 12.8 Å². The maximum atomic E-state index is 12.9. The Balaban J connectivity index is 4.14. The van der Waals surface area contributed by atoms with Gasteiger partial charge in [0.25, 0.3) is 0 Å². The fourth-order valence-corrected chi connectivity index (χ4v) is 8.92. The molecule has 0 spiro atoms. The van der Waals surface area contributed by atoms with Gasteiger partial charge in [-0.25, -0.2) is 4.57 Å². The molecule has 82 heavy (non-hydrogen) atoms. The van der Waals surface area contributed by atoms with E-state index >= 15 is 0 Å². The van der Waals surface area contributed by atoms with Gasteiger partial charge in [-0.3, -0.25) is 18.6 Å². The smallest absolute Gasteiger partial charge is 0.462 e. The Bertz CT molecular complexity index is 1940. The van der Waals surface area contributed by atoms with Crippen LogP contribution in [0.2, 0.25) is 0 Å². The molecule has 0 aromatic heterocycles. The molecule has 0 saturated heterocycles. The third-order valence-corrected chi connectivity index (χ3v) is 14.0. The highest BCUT2D eigenvalue weighted by Gasteiger charge is 2.27. The van der Waals surface area contributed by atoms with Crippen LogP contribution in [-0.4, -0.2) is 74.9 Å². The Labute approximate surface area is 503 Å². The van der Waals surface area contributed by atoms with Crippen molar-refractivity contribution in [3.8, 4) is 0 Å². The van der Waals surface area contributed by atoms with Gasteiger partial charge in [-0.1, -0.05) is 255 Å². The van der Waals surface area contributed by atoms with Crippen LogP contribution in [0.5, 0.6) is 0 Å². The first-order chi connectivity index (χ1) is 40.0. The number of rotatable bonds is 57. The summed E-state index contributed by atoms with van der Waals surface area (Å²) in [7, 11) is 1.44. The molecule has 0 fully saturated rings. The average Bonchev–Trinajstić information content (AvgIpc) is 3.46. The number of carbonyl (C=O) groups is 2. The highest BCUT2D eigenvalue weighted by atomic mass is 31.2. The standard InChI is InChI=1S/C72H118NO8P/c1-6-8-10-12-14-16-18-20-22-24-26-28-29-30-31-32-33-34-35-36-37-38-39-40-41-42-43-45-47-49-51-53-55-57-59-61-63-65-72(75)81-70(69-80-82(76,77)79-67-66-73(3,4)5)68-78-71(74)64-62-60-58-56-54-52-50-48-46-44-27-25-23-21-19-17-15-13-11-9-7-2/h8-11,14-17,20-23,26-28,30-31,33-34,36-37,39-40,44,48,50,70H,6-7,12-13,18-19,24-25,29,32,35,38,41-43,45-47,49,51-69H2,1-5H3/p+1/b10-8-,11-9-,16-14-,17-15-,22-20-,23-21-,28-26-,31-30-,34-33-,37-36-,40-39-,44-27-,50-48-. The van der Waals surface area contributed by atoms with Crippen molar-refractivity contribution in [2.75, 3.05) is 47.5 Å². The fraction of sp³-hybridized carbons (Fsp3) is 0.611. The zero-order chi connectivity index (χ0) is 59.8. The third-order valence-electron chi connectivity index (χ3n) is 13.1. The fourth-order valence-electron chi connectivity index (χ4n) is 8.18. The number of phosphoric ester groups is 1. The highest BCUT2D eigenvalue weighted by molar-refractivity contribution is 7.47. The van der Waals surface area contributed by atoms with Crippen molar-refractivity contribution in [2.45, 2.75) is 238 Å². The quantitative estimate of drug-likeness (QED) is 0.0211. The largest absolute Gasteiger partial charge is 0.472 e. The van der Waals surface area contributed by atoms with E-state index in [0.29, 0.717) is 23.9 Å². The molecule has 464 valence electrons. The molecule has 0 aliphatic rings. The summed E-state index contributed by atoms with van der Waals surface area (Å²) in [6.07, 6.45) is 91.8. The molecule has 0 rings (SSSR count). The van der Waals surface area contributed by atoms with Crippen LogP contribution < -0.4 is 0 Å². The summed E-state index contributed by atoms with van der Waals surface area (Å²) < 4.78 is 34.6. The van der Waals surface area contributed by atoms with Crippen LogP contribution in [0, 0.1) is 0 Å². The van der Waals surface area contributed by atoms with E-state index in [1.807, 2.05) is 21.1 Å². The van der Waals surface area contributed by atoms with Crippen molar-refractivity contribution < 1.29 is 42.1 Å². The Morgan fingerprint density at radius 3 is 0.976 bits per heavy atom. The van der Waals surface area contributed by atoms with Crippen molar-refractivity contribution in [3.63, 3.8) is 0 Å². The van der Waals surface area contributed by atoms with Crippen LogP contribution in [0.1, 0.15) is 232 Å². The van der Waals surface area contributed by atoms with Crippen LogP contribution in [0.15, 0.2) is 158 Å². The number of allylic oxidation sites excluding steroid dienone is 26. The Morgan fingerprint density at radius 2 is 0.659 bits per heavy atom. The summed E-state index contributed by atoms with van der Waals surface area (Å²) in [5, 5.41) is 0. The first kappa shape index (κ1) is 77.6. The zero-order valence-electron chi connectivity index (χ0n) is 52.7. The van der Waals surface area contributed by atoms with Crippen molar-refractivity contribution in [1.29, 1.82) is 0 Å². The lowest BCUT2D eigenvalue weighted by molar-refractivity contribution is -0.870. The SMILES string of the molecule is CC/C=C\C/C=C\C/C=C\C/C=C\C/C=C\C/C=C\C/C=C\C/C=C\CCCCCCCCCCCCCCC(=O)OC(COC(=O)CCCCCCC/C=C\C/C=C\C/C=C\C/C=C\C/C=C\CC)COP(=O)(O)OCC[N+](C)(C)C. The van der Waals surface area contributed by atoms with Gasteiger partial charge >= 0.3 is 19.8 Å². The molecule has 0 amide bonds. The van der Waals surface area contributed by atoms with E-state index in [2.05, 4.69) is 172 Å². The van der Waals surface area contributed by atoms with Crippen LogP contribution in [0.3, 0.4) is 0 Å². The second-order valence-corrected chi connectivity index (χ2v) is 23.5. The maximum Gasteiger partial charge on any atom is 0.472 e. The molecule has 2 unspecified atom stereocenters. The minimum atomic E-state index is -4.41. The number of likely N-dealkylation sites (N-methyl/N-ethyl adjacent to an activating group) is 1. The number of hydrogen-bond acceptors (Lipinski definition) is 7. The molecule has 0 aliphatic heterocycles. The van der Waals surface area contributed by atoms with Crippen LogP contribution in [-0.2, 0) is 32.7 Å². The molecule has 10 heteroatoms. The molecule has 0 heterocycles. The van der Waals surface area contributed by atoms with Crippen molar-refractivity contribution in [1.82, 2.24) is 0 Å². The van der Waals surface area contributed by atoms with Crippen LogP contribution in [0.4, 0.5) is 0 Å². The predicted molar refractivity (Wildman–Crippen MR) is 353 cm³/mol. The number of ether oxygens (including phenoxy) is 2. The summed E-state index contributed by atoms with van der Waals surface area (Å²) in [5.74, 6) is -0.831. The average molecular weight is 1160 g/mol. The summed E-state index contributed by atoms with van der Waals surface area (Å²) in [4.78, 5) is 35.8. The number of unbranched alkanes of at least 4 members (excludes halogenated alkanes) is 17. The molecule has 0 bridgehead atoms. The molecule has 0 radical (unpaired) electrons. The number of carbonyl (C=O) groups excluding carboxylic acids is 2. The lowest BCUT2D eigenvalue weighted by Gasteiger charge is -2.24. The van der Waals surface area contributed by atoms with Crippen LogP contribution >= 0.6 is 7.82 Å². The minimum Gasteiger partial charge on any atom is -0.462 e. The molecular weight excluding hydrogens is 1040 g/mol. The van der Waals surface area contributed by atoms with E-state index in [1.165, 1.54) is 57.8 Å². The summed E-state index contributed by atoms with van der Waals surface area (Å²) >= 11 is 0. The van der Waals surface area contributed by atoms with Gasteiger partial charge in [-0.05, 0) is 122 Å². The van der Waals surface area contributed by atoms with Gasteiger partial charge < -0.3 is 18.9 Å². The summed E-state index contributed by atoms with van der Waals surface area (Å²) in [6, 6.07) is 0. The number of esters is 2. The first-order valence-corrected chi connectivity index (χ1v) is 33.7. The van der Waals surface area contributed by atoms with Crippen molar-refractivity contribution >= 4 is 19.8 Å². The first-order valence-electron chi connectivity index (χ1n) is 32.2. The van der Waals surface area contributed by atoms with E-state index in [0.717, 1.165) is 135 Å². The zero-order valence-corrected chi connectivity index (χ0v) is 53.6. The molecular formula is C72H119NO8P+. The van der Waals surface area contributed by atoms with Crippen LogP contribution in [0.25, 0.3) is 0 Å². The maximum absolute atomic E-state index is 12.9. The third kappa shape index (κ3) is 64.8. The number of phosphoric acid groups is 1.